The molecule has 0 aliphatic carbocycles. The molecule has 1 saturated heterocycles. The molecule has 0 aromatic carbocycles. The molecule has 1 unspecified atom stereocenters. The standard InChI is InChI=1S/C11H17F3N2O2S/c12-11(13,14)8-16-4-1-9(2-5-16)15-10-3-6-19(17,18)7-10/h3,6,9-10,15H,1-2,4-5,7-8H2. The molecule has 19 heavy (non-hydrogen) atoms. The van der Waals surface area contributed by atoms with Crippen LogP contribution in [-0.2, 0) is 9.84 Å². The van der Waals surface area contributed by atoms with E-state index in [1.54, 1.807) is 6.08 Å². The summed E-state index contributed by atoms with van der Waals surface area (Å²) in [7, 11) is -3.08. The first-order valence-electron chi connectivity index (χ1n) is 6.20. The van der Waals surface area contributed by atoms with E-state index in [0.717, 1.165) is 0 Å². The highest BCUT2D eigenvalue weighted by molar-refractivity contribution is 7.94. The highest BCUT2D eigenvalue weighted by Gasteiger charge is 2.33. The van der Waals surface area contributed by atoms with Crippen LogP contribution in [0.3, 0.4) is 0 Å². The number of sulfone groups is 1. The van der Waals surface area contributed by atoms with Crippen LogP contribution in [0.15, 0.2) is 11.5 Å². The van der Waals surface area contributed by atoms with Gasteiger partial charge in [0, 0.05) is 17.5 Å². The van der Waals surface area contributed by atoms with Crippen molar-refractivity contribution in [2.75, 3.05) is 25.4 Å². The summed E-state index contributed by atoms with van der Waals surface area (Å²) < 4.78 is 59.1. The summed E-state index contributed by atoms with van der Waals surface area (Å²) >= 11 is 0. The molecule has 2 heterocycles. The molecule has 110 valence electrons. The van der Waals surface area contributed by atoms with Gasteiger partial charge in [0.2, 0.25) is 0 Å². The van der Waals surface area contributed by atoms with Crippen molar-refractivity contribution in [2.24, 2.45) is 0 Å². The SMILES string of the molecule is O=S1(=O)C=CC(NC2CCN(CC(F)(F)F)CC2)C1. The van der Waals surface area contributed by atoms with Gasteiger partial charge < -0.3 is 5.32 Å². The zero-order valence-electron chi connectivity index (χ0n) is 10.4. The van der Waals surface area contributed by atoms with Gasteiger partial charge in [-0.2, -0.15) is 13.2 Å². The lowest BCUT2D eigenvalue weighted by atomic mass is 10.0. The molecule has 0 spiro atoms. The molecule has 0 saturated carbocycles. The molecule has 1 atom stereocenters. The van der Waals surface area contributed by atoms with Gasteiger partial charge in [-0.25, -0.2) is 8.42 Å². The normalized spacial score (nSPS) is 28.9. The topological polar surface area (TPSA) is 49.4 Å². The molecular formula is C11H17F3N2O2S. The van der Waals surface area contributed by atoms with Crippen molar-refractivity contribution in [1.82, 2.24) is 10.2 Å². The van der Waals surface area contributed by atoms with Gasteiger partial charge in [0.05, 0.1) is 12.3 Å². The monoisotopic (exact) mass is 298 g/mol. The van der Waals surface area contributed by atoms with Crippen LogP contribution in [0.2, 0.25) is 0 Å². The first kappa shape index (κ1) is 14.8. The van der Waals surface area contributed by atoms with Crippen LogP contribution >= 0.6 is 0 Å². The van der Waals surface area contributed by atoms with Crippen molar-refractivity contribution >= 4 is 9.84 Å². The number of halogens is 3. The Morgan fingerprint density at radius 2 is 1.89 bits per heavy atom. The van der Waals surface area contributed by atoms with E-state index in [1.807, 2.05) is 0 Å². The van der Waals surface area contributed by atoms with Crippen molar-refractivity contribution in [2.45, 2.75) is 31.1 Å². The van der Waals surface area contributed by atoms with Gasteiger partial charge >= 0.3 is 6.18 Å². The maximum Gasteiger partial charge on any atom is 0.401 e. The van der Waals surface area contributed by atoms with E-state index in [-0.39, 0.29) is 17.8 Å². The van der Waals surface area contributed by atoms with Crippen molar-refractivity contribution in [3.63, 3.8) is 0 Å². The quantitative estimate of drug-likeness (QED) is 0.841. The molecule has 1 N–H and O–H groups in total. The number of hydrogen-bond acceptors (Lipinski definition) is 4. The third-order valence-electron chi connectivity index (χ3n) is 3.37. The number of rotatable bonds is 3. The summed E-state index contributed by atoms with van der Waals surface area (Å²) in [6.45, 7) is -0.0852. The lowest BCUT2D eigenvalue weighted by Crippen LogP contribution is -2.48. The third-order valence-corrected chi connectivity index (χ3v) is 4.77. The predicted molar refractivity (Wildman–Crippen MR) is 65.4 cm³/mol. The van der Waals surface area contributed by atoms with Gasteiger partial charge in [-0.1, -0.05) is 6.08 Å². The van der Waals surface area contributed by atoms with Gasteiger partial charge in [0.1, 0.15) is 0 Å². The van der Waals surface area contributed by atoms with Gasteiger partial charge in [-0.15, -0.1) is 0 Å². The lowest BCUT2D eigenvalue weighted by Gasteiger charge is -2.33. The Hall–Kier alpha value is -0.600. The fourth-order valence-electron chi connectivity index (χ4n) is 2.49. The second kappa shape index (κ2) is 5.41. The summed E-state index contributed by atoms with van der Waals surface area (Å²) in [6, 6.07) is -0.114. The minimum atomic E-state index is -4.15. The Bertz CT molecular complexity index is 439. The van der Waals surface area contributed by atoms with Crippen LogP contribution in [-0.4, -0.2) is 57.0 Å². The van der Waals surface area contributed by atoms with Crippen molar-refractivity contribution in [3.8, 4) is 0 Å². The average molecular weight is 298 g/mol. The second-order valence-electron chi connectivity index (χ2n) is 5.10. The van der Waals surface area contributed by atoms with Crippen LogP contribution in [0.4, 0.5) is 13.2 Å². The molecule has 1 fully saturated rings. The first-order valence-corrected chi connectivity index (χ1v) is 7.91. The molecule has 4 nitrogen and oxygen atoms in total. The van der Waals surface area contributed by atoms with E-state index in [1.165, 1.54) is 10.3 Å². The molecule has 2 aliphatic heterocycles. The summed E-state index contributed by atoms with van der Waals surface area (Å²) in [5, 5.41) is 4.38. The fraction of sp³-hybridized carbons (Fsp3) is 0.818. The number of alkyl halides is 3. The Morgan fingerprint density at radius 1 is 1.26 bits per heavy atom. The van der Waals surface area contributed by atoms with E-state index in [0.29, 0.717) is 25.9 Å². The molecular weight excluding hydrogens is 281 g/mol. The smallest absolute Gasteiger partial charge is 0.307 e. The van der Waals surface area contributed by atoms with E-state index in [4.69, 9.17) is 0 Å². The van der Waals surface area contributed by atoms with Crippen LogP contribution in [0.25, 0.3) is 0 Å². The molecule has 0 aromatic heterocycles. The van der Waals surface area contributed by atoms with Crippen LogP contribution < -0.4 is 5.32 Å². The van der Waals surface area contributed by atoms with Crippen molar-refractivity contribution in [3.05, 3.63) is 11.5 Å². The Balaban J connectivity index is 1.74. The van der Waals surface area contributed by atoms with E-state index >= 15 is 0 Å². The lowest BCUT2D eigenvalue weighted by molar-refractivity contribution is -0.148. The maximum atomic E-state index is 12.2. The molecule has 0 bridgehead atoms. The largest absolute Gasteiger partial charge is 0.401 e. The Kier molecular flexibility index (Phi) is 4.22. The summed E-state index contributed by atoms with van der Waals surface area (Å²) in [5.74, 6) is 0.0514. The Morgan fingerprint density at radius 3 is 2.37 bits per heavy atom. The minimum Gasteiger partial charge on any atom is -0.307 e. The molecule has 0 radical (unpaired) electrons. The van der Waals surface area contributed by atoms with Crippen LogP contribution in [0.5, 0.6) is 0 Å². The molecule has 2 aliphatic rings. The third kappa shape index (κ3) is 4.77. The van der Waals surface area contributed by atoms with E-state index < -0.39 is 22.6 Å². The summed E-state index contributed by atoms with van der Waals surface area (Å²) in [4.78, 5) is 1.39. The number of hydrogen-bond donors (Lipinski definition) is 1. The number of piperidine rings is 1. The van der Waals surface area contributed by atoms with E-state index in [2.05, 4.69) is 5.32 Å². The van der Waals surface area contributed by atoms with Gasteiger partial charge in [0.25, 0.3) is 0 Å². The van der Waals surface area contributed by atoms with Gasteiger partial charge in [-0.05, 0) is 25.9 Å². The highest BCUT2D eigenvalue weighted by atomic mass is 32.2. The van der Waals surface area contributed by atoms with Crippen LogP contribution in [0.1, 0.15) is 12.8 Å². The molecule has 0 amide bonds. The van der Waals surface area contributed by atoms with Crippen molar-refractivity contribution in [1.29, 1.82) is 0 Å². The van der Waals surface area contributed by atoms with Gasteiger partial charge in [0.15, 0.2) is 9.84 Å². The zero-order valence-corrected chi connectivity index (χ0v) is 11.2. The van der Waals surface area contributed by atoms with Crippen LogP contribution in [0, 0.1) is 0 Å². The number of nitrogens with one attached hydrogen (secondary N) is 1. The number of nitrogens with zero attached hydrogens (tertiary/aromatic N) is 1. The van der Waals surface area contributed by atoms with E-state index in [9.17, 15) is 21.6 Å². The first-order chi connectivity index (χ1) is 8.73. The maximum absolute atomic E-state index is 12.2. The summed E-state index contributed by atoms with van der Waals surface area (Å²) in [5.41, 5.74) is 0. The zero-order chi connectivity index (χ0) is 14.1. The molecule has 0 aromatic rings. The second-order valence-corrected chi connectivity index (χ2v) is 7.03. The number of likely N-dealkylation sites (tertiary alicyclic amines) is 1. The minimum absolute atomic E-state index is 0.0514. The van der Waals surface area contributed by atoms with Gasteiger partial charge in [-0.3, -0.25) is 4.90 Å². The molecule has 2 rings (SSSR count). The predicted octanol–water partition coefficient (Wildman–Crippen LogP) is 0.913. The Labute approximate surface area is 110 Å². The fourth-order valence-corrected chi connectivity index (χ4v) is 3.74. The average Bonchev–Trinajstić information content (AvgIpc) is 2.59. The highest BCUT2D eigenvalue weighted by Crippen LogP contribution is 2.20. The molecule has 8 heteroatoms. The summed E-state index contributed by atoms with van der Waals surface area (Å²) in [6.07, 6.45) is -1.32. The van der Waals surface area contributed by atoms with Crippen molar-refractivity contribution < 1.29 is 21.6 Å².